The van der Waals surface area contributed by atoms with Gasteiger partial charge >= 0.3 is 5.91 Å². The first-order chi connectivity index (χ1) is 15.2. The summed E-state index contributed by atoms with van der Waals surface area (Å²) in [5, 5.41) is 6.99. The van der Waals surface area contributed by atoms with E-state index in [1.807, 2.05) is 24.3 Å². The van der Waals surface area contributed by atoms with E-state index in [2.05, 4.69) is 57.4 Å². The Hall–Kier alpha value is -3.80. The zero-order chi connectivity index (χ0) is 21.4. The number of amides is 1. The molecule has 0 atom stereocenters. The van der Waals surface area contributed by atoms with Crippen molar-refractivity contribution in [1.29, 1.82) is 0 Å². The highest BCUT2D eigenvalue weighted by Gasteiger charge is 2.26. The lowest BCUT2D eigenvalue weighted by atomic mass is 10.0. The van der Waals surface area contributed by atoms with Crippen LogP contribution in [0.4, 0.5) is 11.5 Å². The standard InChI is InChI=1S/C25H22N4O2/c1-2-29-11-10-18-12-20(14-21(23(18)29)17-6-4-3-5-7-17)27-24-22(25(30)28-31)13-19(15-26-24)16-8-9-16/h3-7,10-16H,2,8-9H2,1H3,(H,26,27). The second-order valence-corrected chi connectivity index (χ2v) is 7.89. The van der Waals surface area contributed by atoms with Crippen LogP contribution in [0, 0.1) is 4.91 Å². The van der Waals surface area contributed by atoms with Crippen molar-refractivity contribution >= 4 is 28.3 Å². The van der Waals surface area contributed by atoms with Gasteiger partial charge in [-0.15, -0.1) is 4.91 Å². The van der Waals surface area contributed by atoms with Gasteiger partial charge in [0.25, 0.3) is 0 Å². The van der Waals surface area contributed by atoms with E-state index in [0.29, 0.717) is 11.7 Å². The van der Waals surface area contributed by atoms with Crippen molar-refractivity contribution < 1.29 is 4.79 Å². The van der Waals surface area contributed by atoms with Crippen LogP contribution in [0.1, 0.15) is 41.6 Å². The number of pyridine rings is 1. The monoisotopic (exact) mass is 410 g/mol. The molecule has 0 radical (unpaired) electrons. The highest BCUT2D eigenvalue weighted by Crippen LogP contribution is 2.41. The van der Waals surface area contributed by atoms with Gasteiger partial charge in [0.15, 0.2) is 0 Å². The van der Waals surface area contributed by atoms with Crippen LogP contribution in [0.3, 0.4) is 0 Å². The summed E-state index contributed by atoms with van der Waals surface area (Å²) in [5.41, 5.74) is 5.34. The van der Waals surface area contributed by atoms with Crippen LogP contribution in [0.5, 0.6) is 0 Å². The fourth-order valence-electron chi connectivity index (χ4n) is 4.09. The topological polar surface area (TPSA) is 76.3 Å². The molecule has 1 amide bonds. The zero-order valence-electron chi connectivity index (χ0n) is 17.2. The molecule has 2 aromatic heterocycles. The number of hydrogen-bond acceptors (Lipinski definition) is 4. The van der Waals surface area contributed by atoms with Crippen LogP contribution >= 0.6 is 0 Å². The molecule has 154 valence electrons. The first-order valence-electron chi connectivity index (χ1n) is 10.5. The van der Waals surface area contributed by atoms with Crippen molar-refractivity contribution in [3.8, 4) is 11.1 Å². The van der Waals surface area contributed by atoms with E-state index in [0.717, 1.165) is 52.7 Å². The van der Waals surface area contributed by atoms with E-state index in [4.69, 9.17) is 0 Å². The predicted molar refractivity (Wildman–Crippen MR) is 123 cm³/mol. The Bertz CT molecular complexity index is 1290. The Kier molecular flexibility index (Phi) is 4.82. The van der Waals surface area contributed by atoms with Gasteiger partial charge in [-0.3, -0.25) is 4.79 Å². The molecule has 2 aromatic carbocycles. The molecular weight excluding hydrogens is 388 g/mol. The number of fused-ring (bicyclic) bond motifs is 1. The van der Waals surface area contributed by atoms with Gasteiger partial charge in [-0.1, -0.05) is 30.3 Å². The third kappa shape index (κ3) is 3.61. The minimum absolute atomic E-state index is 0.215. The quantitative estimate of drug-likeness (QED) is 0.381. The molecule has 31 heavy (non-hydrogen) atoms. The Balaban J connectivity index is 1.62. The maximum absolute atomic E-state index is 12.2. The minimum Gasteiger partial charge on any atom is -0.347 e. The number of anilines is 2. The van der Waals surface area contributed by atoms with Gasteiger partial charge in [0.05, 0.1) is 11.1 Å². The van der Waals surface area contributed by atoms with E-state index in [-0.39, 0.29) is 5.56 Å². The molecular formula is C25H22N4O2. The number of carbonyl (C=O) groups excluding carboxylic acids is 1. The molecule has 1 fully saturated rings. The van der Waals surface area contributed by atoms with Gasteiger partial charge in [0.1, 0.15) is 5.82 Å². The van der Waals surface area contributed by atoms with E-state index in [1.165, 1.54) is 0 Å². The molecule has 0 bridgehead atoms. The summed E-state index contributed by atoms with van der Waals surface area (Å²) < 4.78 is 2.22. The second kappa shape index (κ2) is 7.80. The summed E-state index contributed by atoms with van der Waals surface area (Å²) >= 11 is 0. The number of nitroso groups, excluding NO2 is 1. The predicted octanol–water partition coefficient (Wildman–Crippen LogP) is 6.25. The van der Waals surface area contributed by atoms with E-state index < -0.39 is 5.91 Å². The lowest BCUT2D eigenvalue weighted by Crippen LogP contribution is -2.05. The number of hydrogen-bond donors (Lipinski definition) is 1. The van der Waals surface area contributed by atoms with Crippen molar-refractivity contribution in [3.05, 3.63) is 83.0 Å². The normalized spacial score (nSPS) is 13.3. The number of nitrogens with one attached hydrogen (secondary N) is 1. The van der Waals surface area contributed by atoms with Gasteiger partial charge in [-0.2, -0.15) is 0 Å². The number of rotatable bonds is 6. The fourth-order valence-corrected chi connectivity index (χ4v) is 4.09. The Morgan fingerprint density at radius 3 is 2.68 bits per heavy atom. The molecule has 4 aromatic rings. The smallest absolute Gasteiger partial charge is 0.320 e. The summed E-state index contributed by atoms with van der Waals surface area (Å²) in [7, 11) is 0. The molecule has 0 spiro atoms. The van der Waals surface area contributed by atoms with Crippen LogP contribution in [0.2, 0.25) is 0 Å². The summed E-state index contributed by atoms with van der Waals surface area (Å²) in [6.07, 6.45) is 6.03. The average Bonchev–Trinajstić information content (AvgIpc) is 3.58. The van der Waals surface area contributed by atoms with Gasteiger partial charge in [0.2, 0.25) is 0 Å². The van der Waals surface area contributed by atoms with Crippen LogP contribution in [-0.4, -0.2) is 15.5 Å². The number of benzene rings is 2. The van der Waals surface area contributed by atoms with Crippen LogP contribution < -0.4 is 5.32 Å². The first-order valence-corrected chi connectivity index (χ1v) is 10.5. The third-order valence-electron chi connectivity index (χ3n) is 5.82. The summed E-state index contributed by atoms with van der Waals surface area (Å²) in [6, 6.07) is 18.1. The van der Waals surface area contributed by atoms with Crippen molar-refractivity contribution in [2.75, 3.05) is 5.32 Å². The van der Waals surface area contributed by atoms with Crippen molar-refractivity contribution in [3.63, 3.8) is 0 Å². The number of aromatic nitrogens is 2. The molecule has 0 saturated heterocycles. The molecule has 6 nitrogen and oxygen atoms in total. The van der Waals surface area contributed by atoms with E-state index in [1.54, 1.807) is 12.3 Å². The molecule has 5 rings (SSSR count). The van der Waals surface area contributed by atoms with Gasteiger partial charge in [-0.25, -0.2) is 4.98 Å². The molecule has 0 unspecified atom stereocenters. The number of nitrogens with zero attached hydrogens (tertiary/aromatic N) is 3. The first kappa shape index (κ1) is 19.2. The average molecular weight is 410 g/mol. The molecule has 6 heteroatoms. The number of aryl methyl sites for hydroxylation is 1. The van der Waals surface area contributed by atoms with Gasteiger partial charge < -0.3 is 9.88 Å². The second-order valence-electron chi connectivity index (χ2n) is 7.89. The maximum atomic E-state index is 12.2. The Labute approximate surface area is 179 Å². The van der Waals surface area contributed by atoms with Crippen molar-refractivity contribution in [2.24, 2.45) is 5.18 Å². The molecule has 0 aliphatic heterocycles. The van der Waals surface area contributed by atoms with E-state index in [9.17, 15) is 9.70 Å². The van der Waals surface area contributed by atoms with Gasteiger partial charge in [-0.05, 0) is 61.1 Å². The third-order valence-corrected chi connectivity index (χ3v) is 5.82. The van der Waals surface area contributed by atoms with Crippen molar-refractivity contribution in [1.82, 2.24) is 9.55 Å². The van der Waals surface area contributed by atoms with Crippen LogP contribution in [0.15, 0.2) is 72.2 Å². The summed E-state index contributed by atoms with van der Waals surface area (Å²) in [4.78, 5) is 27.7. The highest BCUT2D eigenvalue weighted by molar-refractivity contribution is 6.01. The van der Waals surface area contributed by atoms with Crippen LogP contribution in [-0.2, 0) is 6.54 Å². The Morgan fingerprint density at radius 2 is 1.97 bits per heavy atom. The fraction of sp³-hybridized carbons (Fsp3) is 0.200. The lowest BCUT2D eigenvalue weighted by Gasteiger charge is -2.14. The lowest BCUT2D eigenvalue weighted by molar-refractivity contribution is 0.100. The SMILES string of the molecule is CCn1ccc2cc(Nc3ncc(C4CC4)cc3C(=O)N=O)cc(-c3ccccc3)c21. The molecule has 1 aliphatic rings. The number of carbonyl (C=O) groups is 1. The maximum Gasteiger partial charge on any atom is 0.320 e. The minimum atomic E-state index is -0.806. The molecule has 1 aliphatic carbocycles. The summed E-state index contributed by atoms with van der Waals surface area (Å²) in [5.74, 6) is -0.0316. The van der Waals surface area contributed by atoms with Gasteiger partial charge in [0, 0.05) is 40.8 Å². The molecule has 1 saturated carbocycles. The zero-order valence-corrected chi connectivity index (χ0v) is 17.2. The molecule has 2 heterocycles. The van der Waals surface area contributed by atoms with Crippen molar-refractivity contribution in [2.45, 2.75) is 32.2 Å². The summed E-state index contributed by atoms with van der Waals surface area (Å²) in [6.45, 7) is 2.99. The van der Waals surface area contributed by atoms with E-state index >= 15 is 0 Å². The van der Waals surface area contributed by atoms with Crippen LogP contribution in [0.25, 0.3) is 22.0 Å². The largest absolute Gasteiger partial charge is 0.347 e. The highest BCUT2D eigenvalue weighted by atomic mass is 16.3. The molecule has 1 N–H and O–H groups in total. The Morgan fingerprint density at radius 1 is 1.16 bits per heavy atom.